The molecule has 0 bridgehead atoms. The summed E-state index contributed by atoms with van der Waals surface area (Å²) in [5.41, 5.74) is 1.10. The van der Waals surface area contributed by atoms with Crippen LogP contribution in [0.25, 0.3) is 0 Å². The highest BCUT2D eigenvalue weighted by molar-refractivity contribution is 6.17. The van der Waals surface area contributed by atoms with Gasteiger partial charge >= 0.3 is 0 Å². The van der Waals surface area contributed by atoms with Crippen LogP contribution in [0.4, 0.5) is 0 Å². The first-order chi connectivity index (χ1) is 8.31. The Bertz CT molecular complexity index is 354. The Balaban J connectivity index is 1.95. The normalized spacial score (nSPS) is 24.6. The van der Waals surface area contributed by atoms with Crippen molar-refractivity contribution in [3.63, 3.8) is 0 Å². The SMILES string of the molecule is COC1CCCC(Oc2cccc(CCl)c2)C1. The smallest absolute Gasteiger partial charge is 0.120 e. The molecule has 0 heterocycles. The Kier molecular flexibility index (Phi) is 4.69. The average Bonchev–Trinajstić information content (AvgIpc) is 2.39. The lowest BCUT2D eigenvalue weighted by Gasteiger charge is -2.28. The second kappa shape index (κ2) is 6.27. The van der Waals surface area contributed by atoms with E-state index in [1.54, 1.807) is 7.11 Å². The Morgan fingerprint density at radius 3 is 2.88 bits per heavy atom. The number of hydrogen-bond acceptors (Lipinski definition) is 2. The van der Waals surface area contributed by atoms with E-state index in [-0.39, 0.29) is 6.10 Å². The maximum Gasteiger partial charge on any atom is 0.120 e. The molecule has 2 nitrogen and oxygen atoms in total. The fraction of sp³-hybridized carbons (Fsp3) is 0.571. The number of benzene rings is 1. The van der Waals surface area contributed by atoms with Gasteiger partial charge in [0, 0.05) is 19.4 Å². The molecule has 3 heteroatoms. The Morgan fingerprint density at radius 1 is 1.29 bits per heavy atom. The van der Waals surface area contributed by atoms with Gasteiger partial charge < -0.3 is 9.47 Å². The average molecular weight is 255 g/mol. The molecule has 2 atom stereocenters. The maximum absolute atomic E-state index is 5.99. The van der Waals surface area contributed by atoms with Crippen LogP contribution in [0.3, 0.4) is 0 Å². The van der Waals surface area contributed by atoms with Crippen molar-refractivity contribution < 1.29 is 9.47 Å². The third-order valence-corrected chi connectivity index (χ3v) is 3.58. The van der Waals surface area contributed by atoms with Crippen molar-refractivity contribution in [2.45, 2.75) is 43.8 Å². The van der Waals surface area contributed by atoms with Gasteiger partial charge in [0.2, 0.25) is 0 Å². The van der Waals surface area contributed by atoms with E-state index in [0.717, 1.165) is 30.6 Å². The van der Waals surface area contributed by atoms with E-state index in [1.807, 2.05) is 24.3 Å². The highest BCUT2D eigenvalue weighted by Gasteiger charge is 2.22. The van der Waals surface area contributed by atoms with Crippen LogP contribution in [-0.4, -0.2) is 19.3 Å². The number of halogens is 1. The van der Waals surface area contributed by atoms with Gasteiger partial charge in [-0.1, -0.05) is 12.1 Å². The van der Waals surface area contributed by atoms with Gasteiger partial charge in [0.25, 0.3) is 0 Å². The van der Waals surface area contributed by atoms with Gasteiger partial charge in [0.15, 0.2) is 0 Å². The molecule has 1 saturated carbocycles. The van der Waals surface area contributed by atoms with E-state index in [4.69, 9.17) is 21.1 Å². The van der Waals surface area contributed by atoms with Crippen molar-refractivity contribution in [1.82, 2.24) is 0 Å². The standard InChI is InChI=1S/C14H19ClO2/c1-16-12-5-3-7-14(9-12)17-13-6-2-4-11(8-13)10-15/h2,4,6,8,12,14H,3,5,7,9-10H2,1H3. The van der Waals surface area contributed by atoms with Gasteiger partial charge in [-0.2, -0.15) is 0 Å². The first-order valence-electron chi connectivity index (χ1n) is 6.16. The van der Waals surface area contributed by atoms with Gasteiger partial charge in [0.1, 0.15) is 11.9 Å². The zero-order valence-electron chi connectivity index (χ0n) is 10.2. The molecule has 0 N–H and O–H groups in total. The van der Waals surface area contributed by atoms with Gasteiger partial charge in [-0.15, -0.1) is 11.6 Å². The van der Waals surface area contributed by atoms with Crippen molar-refractivity contribution in [2.75, 3.05) is 7.11 Å². The largest absolute Gasteiger partial charge is 0.490 e. The van der Waals surface area contributed by atoms with E-state index in [0.29, 0.717) is 12.0 Å². The molecule has 94 valence electrons. The highest BCUT2D eigenvalue weighted by atomic mass is 35.5. The van der Waals surface area contributed by atoms with Crippen molar-refractivity contribution in [3.8, 4) is 5.75 Å². The summed E-state index contributed by atoms with van der Waals surface area (Å²) >= 11 is 5.81. The summed E-state index contributed by atoms with van der Waals surface area (Å²) in [6, 6.07) is 8.01. The summed E-state index contributed by atoms with van der Waals surface area (Å²) in [6.45, 7) is 0. The van der Waals surface area contributed by atoms with Crippen LogP contribution in [0.1, 0.15) is 31.2 Å². The van der Waals surface area contributed by atoms with E-state index in [9.17, 15) is 0 Å². The molecule has 2 rings (SSSR count). The summed E-state index contributed by atoms with van der Waals surface area (Å²) in [4.78, 5) is 0. The molecule has 1 fully saturated rings. The molecule has 1 aliphatic carbocycles. The van der Waals surface area contributed by atoms with Gasteiger partial charge in [-0.05, 0) is 37.0 Å². The summed E-state index contributed by atoms with van der Waals surface area (Å²) in [5.74, 6) is 1.45. The molecule has 0 amide bonds. The van der Waals surface area contributed by atoms with E-state index >= 15 is 0 Å². The minimum Gasteiger partial charge on any atom is -0.490 e. The summed E-state index contributed by atoms with van der Waals surface area (Å²) < 4.78 is 11.4. The second-order valence-electron chi connectivity index (χ2n) is 4.55. The molecule has 1 aromatic carbocycles. The van der Waals surface area contributed by atoms with Crippen LogP contribution in [0, 0.1) is 0 Å². The minimum absolute atomic E-state index is 0.277. The van der Waals surface area contributed by atoms with Crippen LogP contribution >= 0.6 is 11.6 Å². The molecule has 1 aromatic rings. The second-order valence-corrected chi connectivity index (χ2v) is 4.81. The lowest BCUT2D eigenvalue weighted by atomic mass is 9.95. The zero-order chi connectivity index (χ0) is 12.1. The Labute approximate surface area is 108 Å². The van der Waals surface area contributed by atoms with Crippen LogP contribution in [0.15, 0.2) is 24.3 Å². The topological polar surface area (TPSA) is 18.5 Å². The summed E-state index contributed by atoms with van der Waals surface area (Å²) in [6.07, 6.45) is 5.06. The third kappa shape index (κ3) is 3.62. The number of methoxy groups -OCH3 is 1. The fourth-order valence-corrected chi connectivity index (χ4v) is 2.48. The fourth-order valence-electron chi connectivity index (χ4n) is 2.32. The van der Waals surface area contributed by atoms with Crippen LogP contribution < -0.4 is 4.74 Å². The molecule has 0 saturated heterocycles. The molecular weight excluding hydrogens is 236 g/mol. The zero-order valence-corrected chi connectivity index (χ0v) is 11.0. The molecule has 17 heavy (non-hydrogen) atoms. The van der Waals surface area contributed by atoms with Crippen LogP contribution in [0.5, 0.6) is 5.75 Å². The van der Waals surface area contributed by atoms with E-state index < -0.39 is 0 Å². The lowest BCUT2D eigenvalue weighted by molar-refractivity contribution is 0.0209. The highest BCUT2D eigenvalue weighted by Crippen LogP contribution is 2.25. The predicted octanol–water partition coefficient (Wildman–Crippen LogP) is 3.76. The number of ether oxygens (including phenoxy) is 2. The van der Waals surface area contributed by atoms with Gasteiger partial charge in [-0.3, -0.25) is 0 Å². The maximum atomic E-state index is 5.99. The first kappa shape index (κ1) is 12.7. The van der Waals surface area contributed by atoms with Crippen LogP contribution in [-0.2, 0) is 10.6 Å². The molecule has 0 spiro atoms. The molecule has 0 aromatic heterocycles. The predicted molar refractivity (Wildman–Crippen MR) is 69.7 cm³/mol. The third-order valence-electron chi connectivity index (χ3n) is 3.27. The quantitative estimate of drug-likeness (QED) is 0.762. The molecular formula is C14H19ClO2. The van der Waals surface area contributed by atoms with Crippen LogP contribution in [0.2, 0.25) is 0 Å². The monoisotopic (exact) mass is 254 g/mol. The van der Waals surface area contributed by atoms with E-state index in [1.165, 1.54) is 6.42 Å². The van der Waals surface area contributed by atoms with Gasteiger partial charge in [0.05, 0.1) is 6.10 Å². The Hall–Kier alpha value is -0.730. The van der Waals surface area contributed by atoms with E-state index in [2.05, 4.69) is 0 Å². The number of alkyl halides is 1. The summed E-state index contributed by atoms with van der Waals surface area (Å²) in [7, 11) is 1.78. The van der Waals surface area contributed by atoms with Gasteiger partial charge in [-0.25, -0.2) is 0 Å². The van der Waals surface area contributed by atoms with Crippen molar-refractivity contribution in [3.05, 3.63) is 29.8 Å². The minimum atomic E-state index is 0.277. The molecule has 2 unspecified atom stereocenters. The lowest BCUT2D eigenvalue weighted by Crippen LogP contribution is -2.29. The Morgan fingerprint density at radius 2 is 2.12 bits per heavy atom. The first-order valence-corrected chi connectivity index (χ1v) is 6.69. The van der Waals surface area contributed by atoms with Crippen molar-refractivity contribution in [1.29, 1.82) is 0 Å². The summed E-state index contributed by atoms with van der Waals surface area (Å²) in [5, 5.41) is 0. The molecule has 0 aliphatic heterocycles. The van der Waals surface area contributed by atoms with Crippen molar-refractivity contribution in [2.24, 2.45) is 0 Å². The number of hydrogen-bond donors (Lipinski definition) is 0. The van der Waals surface area contributed by atoms with Crippen molar-refractivity contribution >= 4 is 11.6 Å². The number of rotatable bonds is 4. The molecule has 0 radical (unpaired) electrons. The molecule has 1 aliphatic rings.